The maximum absolute atomic E-state index is 5.56. The summed E-state index contributed by atoms with van der Waals surface area (Å²) in [6, 6.07) is 4.54. The second kappa shape index (κ2) is 7.38. The number of hydrogen-bond acceptors (Lipinski definition) is 6. The Morgan fingerprint density at radius 2 is 2.10 bits per heavy atom. The van der Waals surface area contributed by atoms with Crippen molar-refractivity contribution in [1.82, 2.24) is 9.97 Å². The van der Waals surface area contributed by atoms with Gasteiger partial charge in [-0.2, -0.15) is 0 Å². The molecule has 2 aromatic heterocycles. The van der Waals surface area contributed by atoms with Crippen molar-refractivity contribution in [3.63, 3.8) is 0 Å². The summed E-state index contributed by atoms with van der Waals surface area (Å²) < 4.78 is 0. The molecule has 1 atom stereocenters. The number of nitrogens with two attached hydrogens (primary N) is 1. The molecule has 6 heteroatoms. The molecule has 0 fully saturated rings. The van der Waals surface area contributed by atoms with Crippen molar-refractivity contribution in [3.05, 3.63) is 33.8 Å². The van der Waals surface area contributed by atoms with Gasteiger partial charge in [-0.05, 0) is 31.7 Å². The molecular formula is C15H23N5S. The van der Waals surface area contributed by atoms with Crippen LogP contribution in [0.2, 0.25) is 0 Å². The van der Waals surface area contributed by atoms with Crippen LogP contribution in [0.15, 0.2) is 17.5 Å². The molecular weight excluding hydrogens is 282 g/mol. The molecule has 4 N–H and O–H groups in total. The average molecular weight is 305 g/mol. The van der Waals surface area contributed by atoms with Crippen LogP contribution in [0, 0.1) is 6.92 Å². The molecule has 0 radical (unpaired) electrons. The van der Waals surface area contributed by atoms with Gasteiger partial charge in [0, 0.05) is 29.3 Å². The summed E-state index contributed by atoms with van der Waals surface area (Å²) in [5.41, 5.74) is 3.62. The summed E-state index contributed by atoms with van der Waals surface area (Å²) in [7, 11) is 0. The minimum Gasteiger partial charge on any atom is -0.367 e. The van der Waals surface area contributed by atoms with E-state index in [0.29, 0.717) is 11.9 Å². The molecule has 0 saturated heterocycles. The normalized spacial score (nSPS) is 12.2. The summed E-state index contributed by atoms with van der Waals surface area (Å²) >= 11 is 1.78. The van der Waals surface area contributed by atoms with E-state index in [1.165, 1.54) is 4.88 Å². The third kappa shape index (κ3) is 4.15. The smallest absolute Gasteiger partial charge is 0.148 e. The quantitative estimate of drug-likeness (QED) is 0.541. The fourth-order valence-corrected chi connectivity index (χ4v) is 3.03. The standard InChI is InChI=1S/C15H23N5S/c1-4-6-13-18-14(11(3)15(19-13)20-16)17-10(2)9-12-7-5-8-21-12/h5,7-8,10H,4,6,9,16H2,1-3H3,(H2,17,18,19,20). The highest BCUT2D eigenvalue weighted by Crippen LogP contribution is 2.21. The zero-order valence-corrected chi connectivity index (χ0v) is 13.6. The highest BCUT2D eigenvalue weighted by molar-refractivity contribution is 7.09. The van der Waals surface area contributed by atoms with Crippen molar-refractivity contribution in [2.24, 2.45) is 5.84 Å². The number of nitrogen functional groups attached to an aromatic ring is 1. The third-order valence-corrected chi connectivity index (χ3v) is 4.17. The largest absolute Gasteiger partial charge is 0.367 e. The van der Waals surface area contributed by atoms with Crippen molar-refractivity contribution < 1.29 is 0 Å². The van der Waals surface area contributed by atoms with Crippen LogP contribution in [0.4, 0.5) is 11.6 Å². The first-order valence-corrected chi connectivity index (χ1v) is 8.15. The lowest BCUT2D eigenvalue weighted by molar-refractivity contribution is 0.778. The first-order chi connectivity index (χ1) is 10.1. The summed E-state index contributed by atoms with van der Waals surface area (Å²) in [6.07, 6.45) is 2.84. The fraction of sp³-hybridized carbons (Fsp3) is 0.467. The van der Waals surface area contributed by atoms with E-state index in [-0.39, 0.29) is 0 Å². The predicted molar refractivity (Wildman–Crippen MR) is 89.7 cm³/mol. The van der Waals surface area contributed by atoms with Crippen molar-refractivity contribution in [3.8, 4) is 0 Å². The molecule has 0 aliphatic rings. The molecule has 0 saturated carbocycles. The molecule has 0 amide bonds. The highest BCUT2D eigenvalue weighted by Gasteiger charge is 2.12. The predicted octanol–water partition coefficient (Wildman–Crippen LogP) is 3.13. The maximum atomic E-state index is 5.56. The van der Waals surface area contributed by atoms with Crippen molar-refractivity contribution >= 4 is 23.0 Å². The molecule has 0 aromatic carbocycles. The number of rotatable bonds is 7. The van der Waals surface area contributed by atoms with Gasteiger partial charge in [0.15, 0.2) is 0 Å². The molecule has 0 bridgehead atoms. The van der Waals surface area contributed by atoms with Crippen LogP contribution in [0.5, 0.6) is 0 Å². The molecule has 0 spiro atoms. The lowest BCUT2D eigenvalue weighted by Crippen LogP contribution is -2.21. The van der Waals surface area contributed by atoms with E-state index in [4.69, 9.17) is 5.84 Å². The zero-order valence-electron chi connectivity index (χ0n) is 12.8. The van der Waals surface area contributed by atoms with Crippen molar-refractivity contribution in [2.75, 3.05) is 10.7 Å². The average Bonchev–Trinajstić information content (AvgIpc) is 2.95. The Hall–Kier alpha value is -1.66. The number of nitrogens with one attached hydrogen (secondary N) is 2. The Labute approximate surface area is 130 Å². The number of aryl methyl sites for hydroxylation is 1. The van der Waals surface area contributed by atoms with Gasteiger partial charge in [0.05, 0.1) is 0 Å². The molecule has 2 rings (SSSR count). The van der Waals surface area contributed by atoms with E-state index >= 15 is 0 Å². The van der Waals surface area contributed by atoms with E-state index < -0.39 is 0 Å². The Morgan fingerprint density at radius 3 is 2.71 bits per heavy atom. The zero-order chi connectivity index (χ0) is 15.2. The number of aromatic nitrogens is 2. The number of anilines is 2. The van der Waals surface area contributed by atoms with Gasteiger partial charge < -0.3 is 10.7 Å². The summed E-state index contributed by atoms with van der Waals surface area (Å²) in [6.45, 7) is 6.26. The van der Waals surface area contributed by atoms with Crippen LogP contribution >= 0.6 is 11.3 Å². The second-order valence-electron chi connectivity index (χ2n) is 5.19. The number of hydrogen-bond donors (Lipinski definition) is 3. The van der Waals surface area contributed by atoms with E-state index in [1.807, 2.05) is 6.92 Å². The molecule has 1 unspecified atom stereocenters. The minimum absolute atomic E-state index is 0.303. The monoisotopic (exact) mass is 305 g/mol. The second-order valence-corrected chi connectivity index (χ2v) is 6.22. The van der Waals surface area contributed by atoms with Crippen LogP contribution in [0.25, 0.3) is 0 Å². The summed E-state index contributed by atoms with van der Waals surface area (Å²) in [5.74, 6) is 7.94. The van der Waals surface area contributed by atoms with Crippen LogP contribution in [0.1, 0.15) is 36.5 Å². The molecule has 5 nitrogen and oxygen atoms in total. The van der Waals surface area contributed by atoms with Crippen molar-refractivity contribution in [1.29, 1.82) is 0 Å². The lowest BCUT2D eigenvalue weighted by atomic mass is 10.2. The van der Waals surface area contributed by atoms with Gasteiger partial charge in [0.1, 0.15) is 17.5 Å². The maximum Gasteiger partial charge on any atom is 0.148 e. The topological polar surface area (TPSA) is 75.9 Å². The summed E-state index contributed by atoms with van der Waals surface area (Å²) in [5, 5.41) is 5.59. The number of thiophene rings is 1. The van der Waals surface area contributed by atoms with Crippen LogP contribution in [-0.4, -0.2) is 16.0 Å². The number of hydrazine groups is 1. The molecule has 0 aliphatic carbocycles. The van der Waals surface area contributed by atoms with Gasteiger partial charge in [-0.15, -0.1) is 11.3 Å². The first-order valence-electron chi connectivity index (χ1n) is 7.27. The van der Waals surface area contributed by atoms with E-state index in [2.05, 4.69) is 52.1 Å². The molecule has 2 heterocycles. The lowest BCUT2D eigenvalue weighted by Gasteiger charge is -2.18. The van der Waals surface area contributed by atoms with Crippen LogP contribution in [-0.2, 0) is 12.8 Å². The first kappa shape index (κ1) is 15.7. The highest BCUT2D eigenvalue weighted by atomic mass is 32.1. The van der Waals surface area contributed by atoms with Gasteiger partial charge >= 0.3 is 0 Å². The number of nitrogens with zero attached hydrogens (tertiary/aromatic N) is 2. The Kier molecular flexibility index (Phi) is 5.52. The molecule has 21 heavy (non-hydrogen) atoms. The van der Waals surface area contributed by atoms with E-state index in [0.717, 1.165) is 36.5 Å². The Morgan fingerprint density at radius 1 is 1.33 bits per heavy atom. The van der Waals surface area contributed by atoms with E-state index in [1.54, 1.807) is 11.3 Å². The molecule has 114 valence electrons. The van der Waals surface area contributed by atoms with Gasteiger partial charge in [-0.3, -0.25) is 0 Å². The van der Waals surface area contributed by atoms with Gasteiger partial charge in [-0.1, -0.05) is 13.0 Å². The van der Waals surface area contributed by atoms with Crippen molar-refractivity contribution in [2.45, 2.75) is 46.1 Å². The van der Waals surface area contributed by atoms with Gasteiger partial charge in [0.25, 0.3) is 0 Å². The van der Waals surface area contributed by atoms with Crippen LogP contribution < -0.4 is 16.6 Å². The van der Waals surface area contributed by atoms with Crippen LogP contribution in [0.3, 0.4) is 0 Å². The Bertz CT molecular complexity index is 568. The SMILES string of the molecule is CCCc1nc(NN)c(C)c(NC(C)Cc2cccs2)n1. The fourth-order valence-electron chi connectivity index (χ4n) is 2.19. The third-order valence-electron chi connectivity index (χ3n) is 3.27. The van der Waals surface area contributed by atoms with E-state index in [9.17, 15) is 0 Å². The van der Waals surface area contributed by atoms with Gasteiger partial charge in [0.2, 0.25) is 0 Å². The molecule has 2 aromatic rings. The summed E-state index contributed by atoms with van der Waals surface area (Å²) in [4.78, 5) is 10.4. The minimum atomic E-state index is 0.303. The van der Waals surface area contributed by atoms with Gasteiger partial charge in [-0.25, -0.2) is 15.8 Å². The Balaban J connectivity index is 2.15. The molecule has 0 aliphatic heterocycles.